The van der Waals surface area contributed by atoms with Gasteiger partial charge in [-0.2, -0.15) is 0 Å². The van der Waals surface area contributed by atoms with Gasteiger partial charge in [-0.15, -0.1) is 0 Å². The van der Waals surface area contributed by atoms with E-state index in [2.05, 4.69) is 5.32 Å². The van der Waals surface area contributed by atoms with Crippen LogP contribution in [0.15, 0.2) is 24.3 Å². The lowest BCUT2D eigenvalue weighted by Crippen LogP contribution is -2.35. The van der Waals surface area contributed by atoms with Gasteiger partial charge in [-0.25, -0.2) is 0 Å². The van der Waals surface area contributed by atoms with Gasteiger partial charge in [-0.05, 0) is 18.1 Å². The Morgan fingerprint density at radius 2 is 1.94 bits per heavy atom. The van der Waals surface area contributed by atoms with Crippen LogP contribution in [0, 0.1) is 0 Å². The Hall–Kier alpha value is -0.770. The zero-order chi connectivity index (χ0) is 12.2. The average Bonchev–Trinajstić information content (AvgIpc) is 2.24. The van der Waals surface area contributed by atoms with E-state index in [4.69, 9.17) is 28.3 Å². The average molecular weight is 262 g/mol. The molecule has 0 saturated heterocycles. The highest BCUT2D eigenvalue weighted by Crippen LogP contribution is 2.19. The molecule has 0 aromatic heterocycles. The molecule has 0 bridgehead atoms. The highest BCUT2D eigenvalue weighted by atomic mass is 35.5. The largest absolute Gasteiger partial charge is 0.392 e. The van der Waals surface area contributed by atoms with E-state index >= 15 is 0 Å². The highest BCUT2D eigenvalue weighted by molar-refractivity contribution is 6.57. The van der Waals surface area contributed by atoms with Crippen molar-refractivity contribution in [3.05, 3.63) is 35.4 Å². The van der Waals surface area contributed by atoms with Crippen molar-refractivity contribution in [3.8, 4) is 0 Å². The molecule has 0 heterocycles. The number of rotatable bonds is 4. The van der Waals surface area contributed by atoms with Crippen LogP contribution in [0.5, 0.6) is 0 Å². The fourth-order valence-corrected chi connectivity index (χ4v) is 1.35. The van der Waals surface area contributed by atoms with Gasteiger partial charge in [0.05, 0.1) is 6.61 Å². The summed E-state index contributed by atoms with van der Waals surface area (Å²) in [5.74, 6) is -0.455. The summed E-state index contributed by atoms with van der Waals surface area (Å²) in [5.41, 5.74) is 1.62. The molecule has 2 N–H and O–H groups in total. The van der Waals surface area contributed by atoms with Crippen LogP contribution < -0.4 is 5.32 Å². The van der Waals surface area contributed by atoms with E-state index in [-0.39, 0.29) is 6.61 Å². The molecule has 0 spiro atoms. The third-order valence-corrected chi connectivity index (χ3v) is 2.47. The molecule has 88 valence electrons. The molecule has 0 aliphatic heterocycles. The van der Waals surface area contributed by atoms with Crippen LogP contribution in [-0.4, -0.2) is 15.3 Å². The molecule has 0 atom stereocenters. The standard InChI is InChI=1S/C11H13Cl2NO2/c1-11(12,13)10(16)14-6-8-4-2-3-5-9(8)7-15/h2-5,15H,6-7H2,1H3,(H,14,16). The van der Waals surface area contributed by atoms with Crippen LogP contribution in [0.3, 0.4) is 0 Å². The zero-order valence-corrected chi connectivity index (χ0v) is 10.3. The predicted octanol–water partition coefficient (Wildman–Crippen LogP) is 1.99. The summed E-state index contributed by atoms with van der Waals surface area (Å²) < 4.78 is -1.44. The summed E-state index contributed by atoms with van der Waals surface area (Å²) in [7, 11) is 0. The first-order valence-corrected chi connectivity index (χ1v) is 5.54. The Morgan fingerprint density at radius 3 is 2.44 bits per heavy atom. The van der Waals surface area contributed by atoms with Crippen LogP contribution in [-0.2, 0) is 17.9 Å². The number of hydrogen-bond acceptors (Lipinski definition) is 2. The lowest BCUT2D eigenvalue weighted by atomic mass is 10.1. The molecule has 3 nitrogen and oxygen atoms in total. The normalized spacial score (nSPS) is 11.2. The van der Waals surface area contributed by atoms with Gasteiger partial charge < -0.3 is 10.4 Å². The van der Waals surface area contributed by atoms with Crippen LogP contribution in [0.1, 0.15) is 18.1 Å². The summed E-state index contributed by atoms with van der Waals surface area (Å²) in [5, 5.41) is 11.7. The lowest BCUT2D eigenvalue weighted by molar-refractivity contribution is -0.121. The van der Waals surface area contributed by atoms with Gasteiger partial charge in [0.1, 0.15) is 0 Å². The molecule has 0 fully saturated rings. The lowest BCUT2D eigenvalue weighted by Gasteiger charge is -2.14. The van der Waals surface area contributed by atoms with Gasteiger partial charge in [0.2, 0.25) is 0 Å². The minimum absolute atomic E-state index is 0.0644. The number of alkyl halides is 2. The maximum Gasteiger partial charge on any atom is 0.256 e. The maximum atomic E-state index is 11.4. The molecule has 1 amide bonds. The first-order valence-electron chi connectivity index (χ1n) is 4.79. The summed E-state index contributed by atoms with van der Waals surface area (Å²) in [6, 6.07) is 7.28. The van der Waals surface area contributed by atoms with Gasteiger partial charge >= 0.3 is 0 Å². The number of carbonyl (C=O) groups is 1. The molecular weight excluding hydrogens is 249 g/mol. The minimum atomic E-state index is -1.44. The number of hydrogen-bond donors (Lipinski definition) is 2. The number of benzene rings is 1. The van der Waals surface area contributed by atoms with Crippen molar-refractivity contribution in [2.45, 2.75) is 24.4 Å². The van der Waals surface area contributed by atoms with Crippen LogP contribution >= 0.6 is 23.2 Å². The first-order chi connectivity index (χ1) is 7.45. The number of aliphatic hydroxyl groups excluding tert-OH is 1. The molecule has 0 unspecified atom stereocenters. The van der Waals surface area contributed by atoms with E-state index in [9.17, 15) is 4.79 Å². The van der Waals surface area contributed by atoms with E-state index in [0.29, 0.717) is 6.54 Å². The maximum absolute atomic E-state index is 11.4. The second kappa shape index (κ2) is 5.53. The summed E-state index contributed by atoms with van der Waals surface area (Å²) in [4.78, 5) is 11.4. The SMILES string of the molecule is CC(Cl)(Cl)C(=O)NCc1ccccc1CO. The van der Waals surface area contributed by atoms with E-state index in [0.717, 1.165) is 11.1 Å². The third kappa shape index (κ3) is 3.67. The van der Waals surface area contributed by atoms with E-state index < -0.39 is 10.2 Å². The second-order valence-corrected chi connectivity index (χ2v) is 5.20. The molecule has 0 aliphatic rings. The molecule has 1 rings (SSSR count). The number of carbonyl (C=O) groups excluding carboxylic acids is 1. The number of halogens is 2. The number of nitrogens with one attached hydrogen (secondary N) is 1. The highest BCUT2D eigenvalue weighted by Gasteiger charge is 2.26. The van der Waals surface area contributed by atoms with Crippen molar-refractivity contribution in [3.63, 3.8) is 0 Å². The van der Waals surface area contributed by atoms with Crippen molar-refractivity contribution in [2.75, 3.05) is 0 Å². The quantitative estimate of drug-likeness (QED) is 0.815. The summed E-state index contributed by atoms with van der Waals surface area (Å²) >= 11 is 11.3. The van der Waals surface area contributed by atoms with Gasteiger partial charge in [-0.1, -0.05) is 47.5 Å². The van der Waals surface area contributed by atoms with Crippen molar-refractivity contribution >= 4 is 29.1 Å². The Bertz CT molecular complexity index is 374. The van der Waals surface area contributed by atoms with Gasteiger partial charge in [0.25, 0.3) is 5.91 Å². The number of aliphatic hydroxyl groups is 1. The van der Waals surface area contributed by atoms with Crippen LogP contribution in [0.4, 0.5) is 0 Å². The Labute approximate surface area is 104 Å². The summed E-state index contributed by atoms with van der Waals surface area (Å²) in [6.07, 6.45) is 0. The fourth-order valence-electron chi connectivity index (χ4n) is 1.21. The molecular formula is C11H13Cl2NO2. The van der Waals surface area contributed by atoms with Gasteiger partial charge in [0.15, 0.2) is 4.33 Å². The first kappa shape index (κ1) is 13.3. The molecule has 1 aromatic carbocycles. The molecule has 0 aliphatic carbocycles. The van der Waals surface area contributed by atoms with E-state index in [1.807, 2.05) is 18.2 Å². The zero-order valence-electron chi connectivity index (χ0n) is 8.84. The fraction of sp³-hybridized carbons (Fsp3) is 0.364. The Balaban J connectivity index is 2.65. The Morgan fingerprint density at radius 1 is 1.38 bits per heavy atom. The molecule has 16 heavy (non-hydrogen) atoms. The monoisotopic (exact) mass is 261 g/mol. The second-order valence-electron chi connectivity index (χ2n) is 3.50. The van der Waals surface area contributed by atoms with Gasteiger partial charge in [-0.3, -0.25) is 4.79 Å². The van der Waals surface area contributed by atoms with Crippen LogP contribution in [0.25, 0.3) is 0 Å². The smallest absolute Gasteiger partial charge is 0.256 e. The number of amides is 1. The molecule has 0 saturated carbocycles. The minimum Gasteiger partial charge on any atom is -0.392 e. The van der Waals surface area contributed by atoms with E-state index in [1.54, 1.807) is 6.07 Å². The molecule has 0 radical (unpaired) electrons. The van der Waals surface area contributed by atoms with Crippen molar-refractivity contribution < 1.29 is 9.90 Å². The predicted molar refractivity (Wildman–Crippen MR) is 64.3 cm³/mol. The topological polar surface area (TPSA) is 49.3 Å². The molecule has 5 heteroatoms. The molecule has 1 aromatic rings. The van der Waals surface area contributed by atoms with E-state index in [1.165, 1.54) is 6.92 Å². The van der Waals surface area contributed by atoms with Crippen molar-refractivity contribution in [1.29, 1.82) is 0 Å². The third-order valence-electron chi connectivity index (χ3n) is 2.13. The van der Waals surface area contributed by atoms with Crippen LogP contribution in [0.2, 0.25) is 0 Å². The van der Waals surface area contributed by atoms with Crippen molar-refractivity contribution in [2.24, 2.45) is 0 Å². The summed E-state index contributed by atoms with van der Waals surface area (Å²) in [6.45, 7) is 1.64. The van der Waals surface area contributed by atoms with Gasteiger partial charge in [0, 0.05) is 6.54 Å². The Kier molecular flexibility index (Phi) is 4.59. The van der Waals surface area contributed by atoms with Crippen molar-refractivity contribution in [1.82, 2.24) is 5.32 Å².